The van der Waals surface area contributed by atoms with Gasteiger partial charge in [-0.05, 0) is 52.3 Å². The topological polar surface area (TPSA) is 29.9 Å². The van der Waals surface area contributed by atoms with Crippen molar-refractivity contribution in [2.75, 3.05) is 5.32 Å². The molecule has 1 unspecified atom stereocenters. The average molecular weight is 275 g/mol. The van der Waals surface area contributed by atoms with E-state index in [1.165, 1.54) is 5.56 Å². The molecule has 0 spiro atoms. The van der Waals surface area contributed by atoms with Gasteiger partial charge in [-0.3, -0.25) is 4.68 Å². The number of benzene rings is 1. The molecule has 0 saturated carbocycles. The number of anilines is 1. The van der Waals surface area contributed by atoms with Crippen molar-refractivity contribution in [2.24, 2.45) is 0 Å². The molecule has 4 heteroatoms. The molecule has 20 heavy (non-hydrogen) atoms. The van der Waals surface area contributed by atoms with Crippen molar-refractivity contribution in [1.82, 2.24) is 9.78 Å². The summed E-state index contributed by atoms with van der Waals surface area (Å²) >= 11 is 0. The van der Waals surface area contributed by atoms with E-state index in [0.29, 0.717) is 5.56 Å². The lowest BCUT2D eigenvalue weighted by molar-refractivity contribution is 0.618. The fourth-order valence-corrected chi connectivity index (χ4v) is 2.65. The van der Waals surface area contributed by atoms with Crippen LogP contribution in [0.4, 0.5) is 10.1 Å². The fourth-order valence-electron chi connectivity index (χ4n) is 2.65. The smallest absolute Gasteiger partial charge is 0.128 e. The van der Waals surface area contributed by atoms with Gasteiger partial charge in [0.25, 0.3) is 0 Å². The van der Waals surface area contributed by atoms with Gasteiger partial charge in [0.15, 0.2) is 0 Å². The molecule has 0 aliphatic heterocycles. The van der Waals surface area contributed by atoms with E-state index >= 15 is 0 Å². The van der Waals surface area contributed by atoms with Crippen LogP contribution in [0.25, 0.3) is 0 Å². The average Bonchev–Trinajstić information content (AvgIpc) is 2.68. The summed E-state index contributed by atoms with van der Waals surface area (Å²) in [5.74, 6) is -0.181. The van der Waals surface area contributed by atoms with Gasteiger partial charge in [-0.1, -0.05) is 6.07 Å². The van der Waals surface area contributed by atoms with E-state index in [9.17, 15) is 4.39 Å². The van der Waals surface area contributed by atoms with Crippen molar-refractivity contribution in [3.63, 3.8) is 0 Å². The summed E-state index contributed by atoms with van der Waals surface area (Å²) in [5, 5.41) is 7.88. The van der Waals surface area contributed by atoms with Crippen LogP contribution in [0.15, 0.2) is 18.2 Å². The van der Waals surface area contributed by atoms with Crippen molar-refractivity contribution >= 4 is 5.69 Å². The molecule has 1 N–H and O–H groups in total. The third-order valence-electron chi connectivity index (χ3n) is 3.73. The number of halogens is 1. The Hall–Kier alpha value is -1.84. The number of rotatable bonds is 4. The molecule has 108 valence electrons. The van der Waals surface area contributed by atoms with Crippen LogP contribution in [0.2, 0.25) is 0 Å². The first-order valence-corrected chi connectivity index (χ1v) is 7.00. The van der Waals surface area contributed by atoms with Crippen LogP contribution in [0.1, 0.15) is 42.4 Å². The van der Waals surface area contributed by atoms with Gasteiger partial charge in [0.1, 0.15) is 5.82 Å². The Balaban J connectivity index is 2.25. The molecule has 0 amide bonds. The molecule has 1 heterocycles. The zero-order valence-electron chi connectivity index (χ0n) is 12.8. The quantitative estimate of drug-likeness (QED) is 0.908. The summed E-state index contributed by atoms with van der Waals surface area (Å²) in [6, 6.07) is 5.34. The van der Waals surface area contributed by atoms with Crippen molar-refractivity contribution in [3.05, 3.63) is 46.5 Å². The van der Waals surface area contributed by atoms with E-state index in [1.54, 1.807) is 19.1 Å². The minimum atomic E-state index is -0.181. The zero-order chi connectivity index (χ0) is 14.9. The van der Waals surface area contributed by atoms with Crippen LogP contribution in [0.5, 0.6) is 0 Å². The van der Waals surface area contributed by atoms with Gasteiger partial charge in [-0.2, -0.15) is 5.10 Å². The van der Waals surface area contributed by atoms with Gasteiger partial charge in [-0.25, -0.2) is 4.39 Å². The summed E-state index contributed by atoms with van der Waals surface area (Å²) < 4.78 is 15.6. The second-order valence-corrected chi connectivity index (χ2v) is 5.23. The van der Waals surface area contributed by atoms with Crippen LogP contribution >= 0.6 is 0 Å². The number of aryl methyl sites for hydroxylation is 3. The maximum absolute atomic E-state index is 13.6. The summed E-state index contributed by atoms with van der Waals surface area (Å²) in [6.07, 6.45) is 0. The minimum absolute atomic E-state index is 0.0948. The zero-order valence-corrected chi connectivity index (χ0v) is 12.8. The molecule has 0 radical (unpaired) electrons. The Bertz CT molecular complexity index is 616. The normalized spacial score (nSPS) is 12.5. The fraction of sp³-hybridized carbons (Fsp3) is 0.438. The molecule has 2 aromatic rings. The molecule has 0 aliphatic carbocycles. The van der Waals surface area contributed by atoms with Gasteiger partial charge >= 0.3 is 0 Å². The Morgan fingerprint density at radius 2 is 2.00 bits per heavy atom. The highest BCUT2D eigenvalue weighted by molar-refractivity contribution is 5.48. The largest absolute Gasteiger partial charge is 0.378 e. The third-order valence-corrected chi connectivity index (χ3v) is 3.73. The maximum Gasteiger partial charge on any atom is 0.128 e. The van der Waals surface area contributed by atoms with Crippen molar-refractivity contribution in [2.45, 2.75) is 47.2 Å². The Kier molecular flexibility index (Phi) is 4.12. The first-order chi connectivity index (χ1) is 9.43. The van der Waals surface area contributed by atoms with E-state index in [-0.39, 0.29) is 11.9 Å². The summed E-state index contributed by atoms with van der Waals surface area (Å²) in [5.41, 5.74) is 4.83. The van der Waals surface area contributed by atoms with E-state index < -0.39 is 0 Å². The summed E-state index contributed by atoms with van der Waals surface area (Å²) in [6.45, 7) is 10.9. The highest BCUT2D eigenvalue weighted by Gasteiger charge is 2.17. The predicted octanol–water partition coefficient (Wildman–Crippen LogP) is 4.14. The van der Waals surface area contributed by atoms with Gasteiger partial charge in [0.2, 0.25) is 0 Å². The molecule has 3 nitrogen and oxygen atoms in total. The molecule has 0 saturated heterocycles. The van der Waals surface area contributed by atoms with Gasteiger partial charge in [0, 0.05) is 23.5 Å². The van der Waals surface area contributed by atoms with E-state index in [0.717, 1.165) is 23.6 Å². The minimum Gasteiger partial charge on any atom is -0.378 e. The Morgan fingerprint density at radius 1 is 1.30 bits per heavy atom. The Labute approximate surface area is 119 Å². The van der Waals surface area contributed by atoms with E-state index in [2.05, 4.69) is 31.2 Å². The molecule has 0 bridgehead atoms. The van der Waals surface area contributed by atoms with Crippen molar-refractivity contribution in [3.8, 4) is 0 Å². The second-order valence-electron chi connectivity index (χ2n) is 5.23. The molecule has 1 atom stereocenters. The molecule has 0 aliphatic rings. The molecule has 0 fully saturated rings. The molecule has 1 aromatic heterocycles. The van der Waals surface area contributed by atoms with E-state index in [1.807, 2.05) is 17.7 Å². The molecule has 1 aromatic carbocycles. The number of aromatic nitrogens is 2. The van der Waals surface area contributed by atoms with Crippen LogP contribution in [0, 0.1) is 26.6 Å². The SMILES string of the molecule is CCn1nc(C)c(C(C)Nc2ccc(C)c(F)c2)c1C. The van der Waals surface area contributed by atoms with Crippen LogP contribution in [-0.2, 0) is 6.54 Å². The van der Waals surface area contributed by atoms with Crippen molar-refractivity contribution < 1.29 is 4.39 Å². The number of nitrogens with zero attached hydrogens (tertiary/aromatic N) is 2. The Morgan fingerprint density at radius 3 is 2.55 bits per heavy atom. The molecular weight excluding hydrogens is 253 g/mol. The van der Waals surface area contributed by atoms with Gasteiger partial charge in [-0.15, -0.1) is 0 Å². The highest BCUT2D eigenvalue weighted by atomic mass is 19.1. The first kappa shape index (κ1) is 14.6. The van der Waals surface area contributed by atoms with Gasteiger partial charge in [0.05, 0.1) is 11.7 Å². The highest BCUT2D eigenvalue weighted by Crippen LogP contribution is 2.25. The first-order valence-electron chi connectivity index (χ1n) is 7.00. The maximum atomic E-state index is 13.6. The monoisotopic (exact) mass is 275 g/mol. The van der Waals surface area contributed by atoms with Crippen LogP contribution < -0.4 is 5.32 Å². The number of hydrogen-bond acceptors (Lipinski definition) is 2. The third kappa shape index (κ3) is 2.69. The lowest BCUT2D eigenvalue weighted by atomic mass is 10.1. The lowest BCUT2D eigenvalue weighted by Crippen LogP contribution is -2.09. The summed E-state index contributed by atoms with van der Waals surface area (Å²) in [4.78, 5) is 0. The lowest BCUT2D eigenvalue weighted by Gasteiger charge is -2.16. The van der Waals surface area contributed by atoms with Crippen molar-refractivity contribution in [1.29, 1.82) is 0 Å². The van der Waals surface area contributed by atoms with Crippen LogP contribution in [-0.4, -0.2) is 9.78 Å². The number of nitrogens with one attached hydrogen (secondary N) is 1. The van der Waals surface area contributed by atoms with E-state index in [4.69, 9.17) is 0 Å². The molecule has 2 rings (SSSR count). The molecular formula is C16H22FN3. The van der Waals surface area contributed by atoms with Crippen LogP contribution in [0.3, 0.4) is 0 Å². The standard InChI is InChI=1S/C16H22FN3/c1-6-20-13(5)16(12(4)19-20)11(3)18-14-8-7-10(2)15(17)9-14/h7-9,11,18H,6H2,1-5H3. The predicted molar refractivity (Wildman–Crippen MR) is 80.5 cm³/mol. The summed E-state index contributed by atoms with van der Waals surface area (Å²) in [7, 11) is 0. The van der Waals surface area contributed by atoms with Gasteiger partial charge < -0.3 is 5.32 Å². The number of hydrogen-bond donors (Lipinski definition) is 1. The second kappa shape index (κ2) is 5.65.